The van der Waals surface area contributed by atoms with Crippen molar-refractivity contribution in [1.29, 1.82) is 0 Å². The molecule has 0 aliphatic heterocycles. The van der Waals surface area contributed by atoms with Crippen LogP contribution in [0.5, 0.6) is 5.75 Å². The van der Waals surface area contributed by atoms with Crippen LogP contribution in [0, 0.1) is 0 Å². The van der Waals surface area contributed by atoms with Crippen LogP contribution in [0.4, 0.5) is 0 Å². The summed E-state index contributed by atoms with van der Waals surface area (Å²) in [5, 5.41) is 0.940. The summed E-state index contributed by atoms with van der Waals surface area (Å²) in [5.41, 5.74) is 5.92. The summed E-state index contributed by atoms with van der Waals surface area (Å²) in [6.07, 6.45) is 0. The first-order valence-corrected chi connectivity index (χ1v) is 12.9. The van der Waals surface area contributed by atoms with Gasteiger partial charge in [-0.15, -0.1) is 0 Å². The van der Waals surface area contributed by atoms with Gasteiger partial charge in [-0.05, 0) is 28.8 Å². The third-order valence-electron chi connectivity index (χ3n) is 7.33. The van der Waals surface area contributed by atoms with E-state index in [1.165, 1.54) is 22.8 Å². The molecule has 0 unspecified atom stereocenters. The number of hydrogen-bond donors (Lipinski definition) is 0. The summed E-state index contributed by atoms with van der Waals surface area (Å²) in [6, 6.07) is 35.1. The van der Waals surface area contributed by atoms with Crippen LogP contribution < -0.4 is 4.74 Å². The van der Waals surface area contributed by atoms with Gasteiger partial charge < -0.3 is 9.29 Å². The Morgan fingerprint density at radius 3 is 1.57 bits per heavy atom. The van der Waals surface area contributed by atoms with Crippen molar-refractivity contribution in [2.45, 2.75) is 16.4 Å². The van der Waals surface area contributed by atoms with Crippen molar-refractivity contribution in [1.82, 2.24) is 0 Å². The standard InChI is InChI=1S/C30H20O4S/c31-35(32,33)28-18-17-27(19-9-1-2-10-20(19)28)34-30-24-14-6-3-11-21(24)29(22-12-4-7-15-25(22)30)23-13-5-8-16-26(23)30/h1-18,29H,(H,31,32,33)/p-1. The summed E-state index contributed by atoms with van der Waals surface area (Å²) in [4.78, 5) is -0.244. The third kappa shape index (κ3) is 2.68. The first-order chi connectivity index (χ1) is 17.0. The summed E-state index contributed by atoms with van der Waals surface area (Å²) in [7, 11) is -4.64. The van der Waals surface area contributed by atoms with Gasteiger partial charge in [-0.1, -0.05) is 97.1 Å². The van der Waals surface area contributed by atoms with E-state index in [0.29, 0.717) is 16.5 Å². The second-order valence-corrected chi connectivity index (χ2v) is 10.4. The van der Waals surface area contributed by atoms with E-state index in [1.807, 2.05) is 24.3 Å². The van der Waals surface area contributed by atoms with Crippen molar-refractivity contribution >= 4 is 20.9 Å². The first kappa shape index (κ1) is 20.4. The van der Waals surface area contributed by atoms with Crippen molar-refractivity contribution in [2.75, 3.05) is 0 Å². The molecule has 5 heteroatoms. The number of fused-ring (bicyclic) bond motifs is 1. The Labute approximate surface area is 203 Å². The van der Waals surface area contributed by atoms with Crippen LogP contribution in [0.3, 0.4) is 0 Å². The lowest BCUT2D eigenvalue weighted by atomic mass is 9.58. The molecular weight excluding hydrogens is 456 g/mol. The average Bonchev–Trinajstić information content (AvgIpc) is 2.88. The van der Waals surface area contributed by atoms with E-state index in [-0.39, 0.29) is 10.8 Å². The van der Waals surface area contributed by atoms with Crippen molar-refractivity contribution in [3.63, 3.8) is 0 Å². The van der Waals surface area contributed by atoms with Gasteiger partial charge >= 0.3 is 0 Å². The molecule has 0 spiro atoms. The zero-order valence-corrected chi connectivity index (χ0v) is 19.3. The molecule has 5 aromatic rings. The average molecular weight is 476 g/mol. The molecule has 0 radical (unpaired) electrons. The normalized spacial score (nSPS) is 19.6. The highest BCUT2D eigenvalue weighted by Crippen LogP contribution is 2.59. The van der Waals surface area contributed by atoms with E-state index < -0.39 is 15.7 Å². The fraction of sp³-hybridized carbons (Fsp3) is 0.0667. The zero-order valence-electron chi connectivity index (χ0n) is 18.5. The molecule has 0 atom stereocenters. The van der Waals surface area contributed by atoms with Crippen LogP contribution in [0.25, 0.3) is 10.8 Å². The molecular formula is C30H19O4S-. The molecule has 0 saturated carbocycles. The SMILES string of the molecule is O=S(=O)([O-])c1ccc(OC23c4ccccc4C(c4ccccc42)c2ccccc23)c2ccccc12. The van der Waals surface area contributed by atoms with E-state index in [4.69, 9.17) is 4.74 Å². The Kier molecular flexibility index (Phi) is 4.11. The van der Waals surface area contributed by atoms with E-state index in [1.54, 1.807) is 24.3 Å². The summed E-state index contributed by atoms with van der Waals surface area (Å²) in [5.74, 6) is 0.640. The lowest BCUT2D eigenvalue weighted by Crippen LogP contribution is -2.46. The van der Waals surface area contributed by atoms with Crippen molar-refractivity contribution < 1.29 is 17.7 Å². The minimum atomic E-state index is -4.64. The number of hydrogen-bond acceptors (Lipinski definition) is 4. The van der Waals surface area contributed by atoms with Crippen molar-refractivity contribution in [2.24, 2.45) is 0 Å². The minimum Gasteiger partial charge on any atom is -0.744 e. The molecule has 3 aliphatic carbocycles. The monoisotopic (exact) mass is 475 g/mol. The highest BCUT2D eigenvalue weighted by atomic mass is 32.2. The van der Waals surface area contributed by atoms with E-state index in [2.05, 4.69) is 54.6 Å². The molecule has 0 amide bonds. The molecule has 0 N–H and O–H groups in total. The topological polar surface area (TPSA) is 66.4 Å². The molecule has 35 heavy (non-hydrogen) atoms. The Morgan fingerprint density at radius 2 is 1.06 bits per heavy atom. The Balaban J connectivity index is 1.57. The Morgan fingerprint density at radius 1 is 0.600 bits per heavy atom. The number of ether oxygens (including phenoxy) is 1. The van der Waals surface area contributed by atoms with E-state index >= 15 is 0 Å². The van der Waals surface area contributed by atoms with Gasteiger partial charge in [0.2, 0.25) is 0 Å². The maximum absolute atomic E-state index is 12.0. The smallest absolute Gasteiger partial charge is 0.185 e. The van der Waals surface area contributed by atoms with Gasteiger partial charge in [0.05, 0.1) is 4.90 Å². The Hall–Kier alpha value is -3.93. The molecule has 170 valence electrons. The van der Waals surface area contributed by atoms with Crippen molar-refractivity contribution in [3.8, 4) is 5.75 Å². The van der Waals surface area contributed by atoms with Gasteiger partial charge in [-0.25, -0.2) is 8.42 Å². The molecule has 0 fully saturated rings. The molecule has 0 saturated heterocycles. The van der Waals surface area contributed by atoms with Gasteiger partial charge in [0.15, 0.2) is 5.60 Å². The van der Waals surface area contributed by atoms with Crippen LogP contribution >= 0.6 is 0 Å². The molecule has 0 aromatic heterocycles. The summed E-state index contributed by atoms with van der Waals surface area (Å²) >= 11 is 0. The maximum Gasteiger partial charge on any atom is 0.185 e. The predicted octanol–water partition coefficient (Wildman–Crippen LogP) is 5.92. The molecule has 4 nitrogen and oxygen atoms in total. The second-order valence-electron chi connectivity index (χ2n) is 9.04. The molecule has 0 heterocycles. The quantitative estimate of drug-likeness (QED) is 0.304. The molecule has 8 rings (SSSR count). The van der Waals surface area contributed by atoms with Gasteiger partial charge in [0.25, 0.3) is 0 Å². The third-order valence-corrected chi connectivity index (χ3v) is 8.22. The van der Waals surface area contributed by atoms with Gasteiger partial charge in [0, 0.05) is 33.4 Å². The second kappa shape index (κ2) is 7.04. The molecule has 3 aliphatic rings. The van der Waals surface area contributed by atoms with Crippen LogP contribution in [0.2, 0.25) is 0 Å². The summed E-state index contributed by atoms with van der Waals surface area (Å²) < 4.78 is 43.0. The maximum atomic E-state index is 12.0. The van der Waals surface area contributed by atoms with Gasteiger partial charge in [0.1, 0.15) is 15.9 Å². The zero-order chi connectivity index (χ0) is 23.8. The molecule has 5 aromatic carbocycles. The fourth-order valence-corrected chi connectivity index (χ4v) is 6.71. The van der Waals surface area contributed by atoms with E-state index in [9.17, 15) is 13.0 Å². The van der Waals surface area contributed by atoms with Crippen LogP contribution in [-0.2, 0) is 15.7 Å². The highest BCUT2D eigenvalue weighted by molar-refractivity contribution is 7.86. The summed E-state index contributed by atoms with van der Waals surface area (Å²) in [6.45, 7) is 0. The van der Waals surface area contributed by atoms with Gasteiger partial charge in [-0.2, -0.15) is 0 Å². The number of rotatable bonds is 3. The van der Waals surface area contributed by atoms with E-state index in [0.717, 1.165) is 16.7 Å². The molecule has 2 bridgehead atoms. The Bertz CT molecular complexity index is 1660. The predicted molar refractivity (Wildman–Crippen MR) is 133 cm³/mol. The van der Waals surface area contributed by atoms with Gasteiger partial charge in [-0.3, -0.25) is 0 Å². The largest absolute Gasteiger partial charge is 0.744 e. The lowest BCUT2D eigenvalue weighted by Gasteiger charge is -2.50. The van der Waals surface area contributed by atoms with Crippen LogP contribution in [0.15, 0.2) is 114 Å². The van der Waals surface area contributed by atoms with Crippen LogP contribution in [-0.4, -0.2) is 13.0 Å². The van der Waals surface area contributed by atoms with Crippen molar-refractivity contribution in [3.05, 3.63) is 143 Å². The van der Waals surface area contributed by atoms with Crippen LogP contribution in [0.1, 0.15) is 39.3 Å². The first-order valence-electron chi connectivity index (χ1n) is 11.4. The number of benzene rings is 5. The highest BCUT2D eigenvalue weighted by Gasteiger charge is 2.53. The minimum absolute atomic E-state index is 0.119. The fourth-order valence-electron chi connectivity index (χ4n) is 6.03. The lowest BCUT2D eigenvalue weighted by molar-refractivity contribution is 0.144.